The monoisotopic (exact) mass is 410 g/mol. The number of nitrogens with zero attached hydrogens (tertiary/aromatic N) is 1. The highest BCUT2D eigenvalue weighted by molar-refractivity contribution is 8.18. The lowest BCUT2D eigenvalue weighted by molar-refractivity contribution is -0.129. The van der Waals surface area contributed by atoms with E-state index in [2.05, 4.69) is 5.32 Å². The van der Waals surface area contributed by atoms with Crippen molar-refractivity contribution in [2.75, 3.05) is 25.2 Å². The van der Waals surface area contributed by atoms with Gasteiger partial charge in [0.05, 0.1) is 23.5 Å². The van der Waals surface area contributed by atoms with Crippen LogP contribution in [-0.4, -0.2) is 61.6 Å². The van der Waals surface area contributed by atoms with E-state index in [-0.39, 0.29) is 16.4 Å². The molecular formula is C17H18N2O6S2. The Morgan fingerprint density at radius 1 is 1.33 bits per heavy atom. The molecule has 1 aromatic carbocycles. The normalized spacial score (nSPS) is 23.1. The molecule has 10 heteroatoms. The lowest BCUT2D eigenvalue weighted by Crippen LogP contribution is -2.43. The number of carbonyl (C=O) groups is 3. The Kier molecular flexibility index (Phi) is 5.56. The van der Waals surface area contributed by atoms with Gasteiger partial charge in [0.1, 0.15) is 12.3 Å². The van der Waals surface area contributed by atoms with Crippen molar-refractivity contribution in [2.45, 2.75) is 12.5 Å². The van der Waals surface area contributed by atoms with Crippen LogP contribution in [0.3, 0.4) is 0 Å². The maximum Gasteiger partial charge on any atom is 0.294 e. The zero-order chi connectivity index (χ0) is 19.6. The quantitative estimate of drug-likeness (QED) is 0.722. The van der Waals surface area contributed by atoms with Gasteiger partial charge in [-0.15, -0.1) is 0 Å². The number of sulfone groups is 1. The van der Waals surface area contributed by atoms with Crippen LogP contribution >= 0.6 is 11.8 Å². The van der Waals surface area contributed by atoms with Crippen LogP contribution in [0.1, 0.15) is 12.0 Å². The van der Waals surface area contributed by atoms with Gasteiger partial charge in [-0.1, -0.05) is 12.1 Å². The van der Waals surface area contributed by atoms with Crippen LogP contribution in [0.25, 0.3) is 6.08 Å². The fourth-order valence-electron chi connectivity index (χ4n) is 2.81. The zero-order valence-corrected chi connectivity index (χ0v) is 16.1. The highest BCUT2D eigenvalue weighted by Crippen LogP contribution is 2.32. The van der Waals surface area contributed by atoms with Crippen molar-refractivity contribution in [3.63, 3.8) is 0 Å². The van der Waals surface area contributed by atoms with Crippen molar-refractivity contribution in [1.29, 1.82) is 0 Å². The van der Waals surface area contributed by atoms with Crippen molar-refractivity contribution in [1.82, 2.24) is 10.2 Å². The highest BCUT2D eigenvalue weighted by atomic mass is 32.2. The number of ether oxygens (including phenoxy) is 1. The molecule has 0 bridgehead atoms. The van der Waals surface area contributed by atoms with Crippen LogP contribution < -0.4 is 10.1 Å². The number of methoxy groups -OCH3 is 1. The van der Waals surface area contributed by atoms with Crippen molar-refractivity contribution >= 4 is 44.7 Å². The van der Waals surface area contributed by atoms with Crippen LogP contribution in [0.2, 0.25) is 0 Å². The Balaban J connectivity index is 1.63. The molecule has 2 saturated heterocycles. The summed E-state index contributed by atoms with van der Waals surface area (Å²) in [6, 6.07) is 6.50. The van der Waals surface area contributed by atoms with Crippen LogP contribution in [-0.2, 0) is 19.4 Å². The van der Waals surface area contributed by atoms with Gasteiger partial charge in [0.2, 0.25) is 5.91 Å². The molecule has 2 fully saturated rings. The summed E-state index contributed by atoms with van der Waals surface area (Å²) in [5.74, 6) is -0.506. The third-order valence-electron chi connectivity index (χ3n) is 4.19. The second-order valence-corrected chi connectivity index (χ2v) is 9.43. The van der Waals surface area contributed by atoms with Crippen molar-refractivity contribution < 1.29 is 27.5 Å². The molecule has 144 valence electrons. The minimum Gasteiger partial charge on any atom is -0.497 e. The molecule has 0 radical (unpaired) electrons. The summed E-state index contributed by atoms with van der Waals surface area (Å²) >= 11 is 0.762. The van der Waals surface area contributed by atoms with Crippen LogP contribution in [0.5, 0.6) is 5.75 Å². The first-order chi connectivity index (χ1) is 12.8. The number of hydrogen-bond acceptors (Lipinski definition) is 7. The van der Waals surface area contributed by atoms with E-state index in [0.717, 1.165) is 22.2 Å². The van der Waals surface area contributed by atoms with Crippen molar-refractivity contribution in [3.05, 3.63) is 34.7 Å². The number of imide groups is 1. The largest absolute Gasteiger partial charge is 0.497 e. The lowest BCUT2D eigenvalue weighted by atomic mass is 10.2. The SMILES string of the molecule is COc1ccc(C=C2SC(=O)N(CC(=O)NC3CCS(=O)(=O)C3)C2=O)cc1. The van der Waals surface area contributed by atoms with E-state index in [9.17, 15) is 22.8 Å². The first kappa shape index (κ1) is 19.4. The molecule has 1 unspecified atom stereocenters. The first-order valence-corrected chi connectivity index (χ1v) is 10.8. The first-order valence-electron chi connectivity index (χ1n) is 8.16. The standard InChI is InChI=1S/C17H18N2O6S2/c1-25-13-4-2-11(3-5-13)8-14-16(21)19(17(22)26-14)9-15(20)18-12-6-7-27(23,24)10-12/h2-5,8,12H,6-7,9-10H2,1H3,(H,18,20). The van der Waals surface area contributed by atoms with Crippen molar-refractivity contribution in [3.8, 4) is 5.75 Å². The summed E-state index contributed by atoms with van der Waals surface area (Å²) in [7, 11) is -1.57. The number of hydrogen-bond donors (Lipinski definition) is 1. The summed E-state index contributed by atoms with van der Waals surface area (Å²) in [6.07, 6.45) is 1.92. The number of benzene rings is 1. The van der Waals surface area contributed by atoms with Gasteiger partial charge in [-0.3, -0.25) is 19.3 Å². The van der Waals surface area contributed by atoms with Gasteiger partial charge in [-0.25, -0.2) is 8.42 Å². The summed E-state index contributed by atoms with van der Waals surface area (Å²) in [6.45, 7) is -0.429. The molecule has 2 heterocycles. The van der Waals surface area contributed by atoms with Crippen LogP contribution in [0.15, 0.2) is 29.2 Å². The van der Waals surface area contributed by atoms with Gasteiger partial charge in [0.25, 0.3) is 11.1 Å². The Bertz CT molecular complexity index is 908. The third-order valence-corrected chi connectivity index (χ3v) is 6.86. The molecule has 2 aliphatic heterocycles. The molecule has 0 aliphatic carbocycles. The van der Waals surface area contributed by atoms with E-state index >= 15 is 0 Å². The summed E-state index contributed by atoms with van der Waals surface area (Å²) in [4.78, 5) is 37.7. The number of rotatable bonds is 5. The summed E-state index contributed by atoms with van der Waals surface area (Å²) < 4.78 is 27.9. The average Bonchev–Trinajstić information content (AvgIpc) is 3.09. The van der Waals surface area contributed by atoms with Gasteiger partial charge in [0, 0.05) is 6.04 Å². The molecule has 3 amide bonds. The van der Waals surface area contributed by atoms with Gasteiger partial charge < -0.3 is 10.1 Å². The van der Waals surface area contributed by atoms with Gasteiger partial charge in [-0.2, -0.15) is 0 Å². The average molecular weight is 410 g/mol. The van der Waals surface area contributed by atoms with Gasteiger partial charge in [-0.05, 0) is 42.0 Å². The maximum absolute atomic E-state index is 12.4. The fourth-order valence-corrected chi connectivity index (χ4v) is 5.33. The number of nitrogens with one attached hydrogen (secondary N) is 1. The number of thioether (sulfide) groups is 1. The van der Waals surface area contributed by atoms with Crippen LogP contribution in [0, 0.1) is 0 Å². The van der Waals surface area contributed by atoms with Crippen LogP contribution in [0.4, 0.5) is 4.79 Å². The molecule has 1 N–H and O–H groups in total. The Morgan fingerprint density at radius 3 is 2.63 bits per heavy atom. The molecule has 0 saturated carbocycles. The molecule has 3 rings (SSSR count). The second-order valence-electron chi connectivity index (χ2n) is 6.21. The van der Waals surface area contributed by atoms with E-state index < -0.39 is 39.5 Å². The molecule has 27 heavy (non-hydrogen) atoms. The highest BCUT2D eigenvalue weighted by Gasteiger charge is 2.37. The molecule has 1 atom stereocenters. The number of carbonyl (C=O) groups excluding carboxylic acids is 3. The topological polar surface area (TPSA) is 110 Å². The molecule has 8 nitrogen and oxygen atoms in total. The summed E-state index contributed by atoms with van der Waals surface area (Å²) in [5, 5.41) is 2.04. The van der Waals surface area contributed by atoms with E-state index in [1.165, 1.54) is 0 Å². The smallest absolute Gasteiger partial charge is 0.294 e. The fraction of sp³-hybridized carbons (Fsp3) is 0.353. The van der Waals surface area contributed by atoms with Gasteiger partial charge in [0.15, 0.2) is 9.84 Å². The van der Waals surface area contributed by atoms with E-state index in [1.54, 1.807) is 37.5 Å². The molecule has 0 aromatic heterocycles. The predicted octanol–water partition coefficient (Wildman–Crippen LogP) is 1.03. The van der Waals surface area contributed by atoms with E-state index in [4.69, 9.17) is 4.74 Å². The minimum atomic E-state index is -3.12. The van der Waals surface area contributed by atoms with Crippen molar-refractivity contribution in [2.24, 2.45) is 0 Å². The maximum atomic E-state index is 12.4. The number of amides is 3. The predicted molar refractivity (Wildman–Crippen MR) is 101 cm³/mol. The Hall–Kier alpha value is -2.33. The summed E-state index contributed by atoms with van der Waals surface area (Å²) in [5.41, 5.74) is 0.724. The van der Waals surface area contributed by atoms with E-state index in [0.29, 0.717) is 12.2 Å². The Labute approximate surface area is 160 Å². The minimum absolute atomic E-state index is 0.0319. The lowest BCUT2D eigenvalue weighted by Gasteiger charge is -2.15. The third kappa shape index (κ3) is 4.69. The molecule has 2 aliphatic rings. The second kappa shape index (κ2) is 7.73. The zero-order valence-electron chi connectivity index (χ0n) is 14.5. The van der Waals surface area contributed by atoms with E-state index in [1.807, 2.05) is 0 Å². The molecular weight excluding hydrogens is 392 g/mol. The van der Waals surface area contributed by atoms with Gasteiger partial charge >= 0.3 is 0 Å². The molecule has 1 aromatic rings. The molecule has 0 spiro atoms. The Morgan fingerprint density at radius 2 is 2.04 bits per heavy atom.